The molecule has 2 atom stereocenters. The molecule has 8 nitrogen and oxygen atoms in total. The minimum atomic E-state index is -0.848. The van der Waals surface area contributed by atoms with Gasteiger partial charge in [-0.1, -0.05) is 24.3 Å². The van der Waals surface area contributed by atoms with E-state index < -0.39 is 29.6 Å². The molecule has 1 N–H and O–H groups in total. The van der Waals surface area contributed by atoms with Gasteiger partial charge in [-0.15, -0.1) is 0 Å². The summed E-state index contributed by atoms with van der Waals surface area (Å²) in [4.78, 5) is 43.3. The number of rotatable bonds is 3. The number of carbonyl (C=O) groups is 3. The van der Waals surface area contributed by atoms with E-state index in [4.69, 9.17) is 0 Å². The highest BCUT2D eigenvalue weighted by atomic mass is 16.5. The lowest BCUT2D eigenvalue weighted by Gasteiger charge is -2.59. The van der Waals surface area contributed by atoms with E-state index in [0.717, 1.165) is 17.7 Å². The molecule has 3 aliphatic heterocycles. The summed E-state index contributed by atoms with van der Waals surface area (Å²) in [5.74, 6) is -1.37. The van der Waals surface area contributed by atoms with Crippen LogP contribution in [-0.2, 0) is 32.0 Å². The SMILES string of the molecule is COC(=O)CN1C(=O)C2CC(O)CN2C2(CN(C3Cc4ccccc4C3)C2)C1=O. The number of piperazine rings is 1. The van der Waals surface area contributed by atoms with Gasteiger partial charge >= 0.3 is 5.97 Å². The molecule has 8 heteroatoms. The number of benzene rings is 1. The summed E-state index contributed by atoms with van der Waals surface area (Å²) in [7, 11) is 1.24. The number of nitrogens with zero attached hydrogens (tertiary/aromatic N) is 3. The van der Waals surface area contributed by atoms with Crippen molar-refractivity contribution in [1.82, 2.24) is 14.7 Å². The fraction of sp³-hybridized carbons (Fsp3) is 0.571. The van der Waals surface area contributed by atoms with Crippen LogP contribution in [0.1, 0.15) is 17.5 Å². The molecule has 0 radical (unpaired) electrons. The van der Waals surface area contributed by atoms with Gasteiger partial charge in [-0.3, -0.25) is 29.1 Å². The topological polar surface area (TPSA) is 90.4 Å². The Morgan fingerprint density at radius 2 is 1.86 bits per heavy atom. The molecule has 2 amide bonds. The number of esters is 1. The summed E-state index contributed by atoms with van der Waals surface area (Å²) >= 11 is 0. The average Bonchev–Trinajstić information content (AvgIpc) is 3.27. The van der Waals surface area contributed by atoms with Crippen molar-refractivity contribution in [2.45, 2.75) is 43.0 Å². The van der Waals surface area contributed by atoms with Crippen molar-refractivity contribution in [2.75, 3.05) is 33.3 Å². The summed E-state index contributed by atoms with van der Waals surface area (Å²) in [5.41, 5.74) is 1.86. The molecule has 0 saturated carbocycles. The molecular weight excluding hydrogens is 374 g/mol. The Balaban J connectivity index is 1.38. The highest BCUT2D eigenvalue weighted by Gasteiger charge is 2.65. The van der Waals surface area contributed by atoms with Gasteiger partial charge in [0.05, 0.1) is 19.3 Å². The smallest absolute Gasteiger partial charge is 0.325 e. The molecule has 4 aliphatic rings. The lowest BCUT2D eigenvalue weighted by Crippen LogP contribution is -2.82. The Morgan fingerprint density at radius 1 is 1.21 bits per heavy atom. The number of carbonyl (C=O) groups excluding carboxylic acids is 3. The molecule has 2 unspecified atom stereocenters. The first kappa shape index (κ1) is 18.7. The van der Waals surface area contributed by atoms with Crippen LogP contribution in [0.15, 0.2) is 24.3 Å². The molecule has 1 aromatic carbocycles. The zero-order chi connectivity index (χ0) is 20.3. The van der Waals surface area contributed by atoms with E-state index in [9.17, 15) is 19.5 Å². The van der Waals surface area contributed by atoms with Crippen molar-refractivity contribution in [3.63, 3.8) is 0 Å². The number of β-amino-alcohol motifs (C(OH)–C–C–N with tert-alkyl or cyclic N) is 1. The molecule has 3 heterocycles. The van der Waals surface area contributed by atoms with Crippen molar-refractivity contribution < 1.29 is 24.2 Å². The number of fused-ring (bicyclic) bond motifs is 3. The fourth-order valence-electron chi connectivity index (χ4n) is 5.51. The molecule has 29 heavy (non-hydrogen) atoms. The van der Waals surface area contributed by atoms with Crippen molar-refractivity contribution in [2.24, 2.45) is 0 Å². The van der Waals surface area contributed by atoms with E-state index in [2.05, 4.69) is 33.9 Å². The van der Waals surface area contributed by atoms with Gasteiger partial charge in [-0.25, -0.2) is 0 Å². The Kier molecular flexibility index (Phi) is 4.27. The molecular formula is C21H25N3O5. The first-order chi connectivity index (χ1) is 13.9. The predicted octanol–water partition coefficient (Wildman–Crippen LogP) is -0.815. The Hall–Kier alpha value is -2.29. The Morgan fingerprint density at radius 3 is 2.48 bits per heavy atom. The number of aliphatic hydroxyl groups excluding tert-OH is 1. The van der Waals surface area contributed by atoms with Crippen LogP contribution in [0.3, 0.4) is 0 Å². The fourth-order valence-corrected chi connectivity index (χ4v) is 5.51. The van der Waals surface area contributed by atoms with E-state index in [1.54, 1.807) is 0 Å². The average molecular weight is 399 g/mol. The van der Waals surface area contributed by atoms with Crippen molar-refractivity contribution in [3.8, 4) is 0 Å². The third-order valence-corrected chi connectivity index (χ3v) is 7.01. The van der Waals surface area contributed by atoms with E-state index >= 15 is 0 Å². The second-order valence-electron chi connectivity index (χ2n) is 8.63. The van der Waals surface area contributed by atoms with Gasteiger partial charge in [0, 0.05) is 25.7 Å². The monoisotopic (exact) mass is 399 g/mol. The summed E-state index contributed by atoms with van der Waals surface area (Å²) in [5, 5.41) is 10.2. The van der Waals surface area contributed by atoms with Gasteiger partial charge in [0.15, 0.2) is 0 Å². The molecule has 0 bridgehead atoms. The molecule has 3 saturated heterocycles. The number of hydrogen-bond acceptors (Lipinski definition) is 7. The zero-order valence-corrected chi connectivity index (χ0v) is 16.4. The predicted molar refractivity (Wildman–Crippen MR) is 102 cm³/mol. The van der Waals surface area contributed by atoms with Crippen molar-refractivity contribution in [3.05, 3.63) is 35.4 Å². The number of aliphatic hydroxyl groups is 1. The highest BCUT2D eigenvalue weighted by molar-refractivity contribution is 6.07. The minimum Gasteiger partial charge on any atom is -0.468 e. The first-order valence-corrected chi connectivity index (χ1v) is 10.1. The van der Waals surface area contributed by atoms with Crippen molar-refractivity contribution in [1.29, 1.82) is 0 Å². The van der Waals surface area contributed by atoms with Crippen LogP contribution >= 0.6 is 0 Å². The Bertz CT molecular complexity index is 856. The van der Waals surface area contributed by atoms with Crippen molar-refractivity contribution >= 4 is 17.8 Å². The van der Waals surface area contributed by atoms with E-state index in [0.29, 0.717) is 32.1 Å². The van der Waals surface area contributed by atoms with Crippen LogP contribution in [0.5, 0.6) is 0 Å². The van der Waals surface area contributed by atoms with Crippen LogP contribution in [0, 0.1) is 0 Å². The maximum atomic E-state index is 13.4. The maximum Gasteiger partial charge on any atom is 0.325 e. The lowest BCUT2D eigenvalue weighted by atomic mass is 9.81. The number of methoxy groups -OCH3 is 1. The zero-order valence-electron chi connectivity index (χ0n) is 16.4. The number of imide groups is 1. The molecule has 0 aromatic heterocycles. The molecule has 5 rings (SSSR count). The quantitative estimate of drug-likeness (QED) is 0.525. The minimum absolute atomic E-state index is 0.292. The largest absolute Gasteiger partial charge is 0.468 e. The maximum absolute atomic E-state index is 13.4. The number of likely N-dealkylation sites (tertiary alicyclic amines) is 1. The second-order valence-corrected chi connectivity index (χ2v) is 8.63. The molecule has 1 aliphatic carbocycles. The number of ether oxygens (including phenoxy) is 1. The standard InChI is InChI=1S/C21H25N3O5/c1-29-18(26)10-23-19(27)17-8-16(25)9-24(17)21(20(23)28)11-22(12-21)15-6-13-4-2-3-5-14(13)7-15/h2-5,15-17,25H,6-12H2,1H3. The molecule has 1 spiro atoms. The van der Waals surface area contributed by atoms with Crippen LogP contribution in [0.25, 0.3) is 0 Å². The van der Waals surface area contributed by atoms with Crippen LogP contribution in [0.2, 0.25) is 0 Å². The van der Waals surface area contributed by atoms with Gasteiger partial charge in [-0.05, 0) is 30.4 Å². The second kappa shape index (κ2) is 6.62. The summed E-state index contributed by atoms with van der Waals surface area (Å²) in [6.07, 6.45) is 1.56. The summed E-state index contributed by atoms with van der Waals surface area (Å²) in [6.45, 7) is 0.968. The lowest BCUT2D eigenvalue weighted by molar-refractivity contribution is -0.184. The first-order valence-electron chi connectivity index (χ1n) is 10.1. The van der Waals surface area contributed by atoms with E-state index in [1.807, 2.05) is 4.90 Å². The number of amides is 2. The third-order valence-electron chi connectivity index (χ3n) is 7.01. The van der Waals surface area contributed by atoms with Crippen LogP contribution < -0.4 is 0 Å². The third kappa shape index (κ3) is 2.73. The molecule has 1 aromatic rings. The van der Waals surface area contributed by atoms with Gasteiger partial charge in [-0.2, -0.15) is 0 Å². The van der Waals surface area contributed by atoms with E-state index in [-0.39, 0.29) is 12.5 Å². The van der Waals surface area contributed by atoms with Gasteiger partial charge in [0.1, 0.15) is 12.1 Å². The molecule has 154 valence electrons. The van der Waals surface area contributed by atoms with Gasteiger partial charge in [0.2, 0.25) is 5.91 Å². The van der Waals surface area contributed by atoms with Crippen LogP contribution in [0.4, 0.5) is 0 Å². The summed E-state index contributed by atoms with van der Waals surface area (Å²) in [6, 6.07) is 8.19. The Labute approximate surface area is 169 Å². The van der Waals surface area contributed by atoms with Gasteiger partial charge < -0.3 is 9.84 Å². The van der Waals surface area contributed by atoms with E-state index in [1.165, 1.54) is 18.2 Å². The highest BCUT2D eigenvalue weighted by Crippen LogP contribution is 2.42. The number of hydrogen-bond donors (Lipinski definition) is 1. The normalized spacial score (nSPS) is 29.1. The summed E-state index contributed by atoms with van der Waals surface area (Å²) < 4.78 is 4.68. The van der Waals surface area contributed by atoms with Crippen LogP contribution in [-0.4, -0.2) is 94.6 Å². The van der Waals surface area contributed by atoms with Gasteiger partial charge in [0.25, 0.3) is 5.91 Å². The molecule has 3 fully saturated rings.